The van der Waals surface area contributed by atoms with Crippen LogP contribution in [0.4, 0.5) is 5.95 Å². The average Bonchev–Trinajstić information content (AvgIpc) is 2.84. The summed E-state index contributed by atoms with van der Waals surface area (Å²) in [6.07, 6.45) is 4.15. The van der Waals surface area contributed by atoms with Crippen LogP contribution < -0.4 is 4.90 Å². The molecule has 4 heteroatoms. The number of hydrogen-bond acceptors (Lipinski definition) is 4. The summed E-state index contributed by atoms with van der Waals surface area (Å²) < 4.78 is 0. The fourth-order valence-corrected chi connectivity index (χ4v) is 4.50. The van der Waals surface area contributed by atoms with Gasteiger partial charge >= 0.3 is 0 Å². The third kappa shape index (κ3) is 4.44. The Hall–Kier alpha value is -3.24. The van der Waals surface area contributed by atoms with Crippen LogP contribution >= 0.6 is 0 Å². The van der Waals surface area contributed by atoms with Crippen molar-refractivity contribution in [3.63, 3.8) is 0 Å². The molecule has 4 aromatic rings. The number of hydrogen-bond donors (Lipinski definition) is 0. The van der Waals surface area contributed by atoms with E-state index in [0.29, 0.717) is 6.04 Å². The highest BCUT2D eigenvalue weighted by molar-refractivity contribution is 5.86. The minimum absolute atomic E-state index is 0.471. The Kier molecular flexibility index (Phi) is 5.63. The first-order valence-corrected chi connectivity index (χ1v) is 11.1. The second kappa shape index (κ2) is 8.86. The number of nitrogens with zero attached hydrogens (tertiary/aromatic N) is 4. The van der Waals surface area contributed by atoms with Crippen LogP contribution in [-0.2, 0) is 6.54 Å². The Morgan fingerprint density at radius 2 is 1.61 bits per heavy atom. The fourth-order valence-electron chi connectivity index (χ4n) is 4.50. The molecule has 0 N–H and O–H groups in total. The van der Waals surface area contributed by atoms with Crippen molar-refractivity contribution in [2.24, 2.45) is 0 Å². The van der Waals surface area contributed by atoms with Crippen molar-refractivity contribution in [1.29, 1.82) is 0 Å². The van der Waals surface area contributed by atoms with Crippen molar-refractivity contribution in [2.45, 2.75) is 25.4 Å². The molecule has 1 aromatic heterocycles. The van der Waals surface area contributed by atoms with Crippen molar-refractivity contribution in [3.8, 4) is 11.3 Å². The van der Waals surface area contributed by atoms with Crippen molar-refractivity contribution in [1.82, 2.24) is 14.9 Å². The molecule has 1 aliphatic rings. The standard InChI is InChI=1S/C27H28N4/c1-30(25-14-17-31(18-15-25)20-21-7-3-2-4-8-21)27-28-16-13-26(29-27)24-12-11-22-9-5-6-10-23(22)19-24/h2-13,16,19,25H,14-15,17-18,20H2,1H3. The Morgan fingerprint density at radius 3 is 2.42 bits per heavy atom. The van der Waals surface area contributed by atoms with Gasteiger partial charge in [-0.05, 0) is 41.3 Å². The molecule has 31 heavy (non-hydrogen) atoms. The van der Waals surface area contributed by atoms with Gasteiger partial charge in [-0.2, -0.15) is 0 Å². The highest BCUT2D eigenvalue weighted by Gasteiger charge is 2.24. The molecule has 0 bridgehead atoms. The third-order valence-electron chi connectivity index (χ3n) is 6.36. The minimum Gasteiger partial charge on any atom is -0.341 e. The Labute approximate surface area is 184 Å². The summed E-state index contributed by atoms with van der Waals surface area (Å²) in [5.74, 6) is 0.812. The maximum Gasteiger partial charge on any atom is 0.225 e. The molecule has 1 aliphatic heterocycles. The smallest absolute Gasteiger partial charge is 0.225 e. The van der Waals surface area contributed by atoms with Gasteiger partial charge in [-0.3, -0.25) is 4.90 Å². The normalized spacial score (nSPS) is 15.3. The van der Waals surface area contributed by atoms with E-state index in [-0.39, 0.29) is 0 Å². The predicted octanol–water partition coefficient (Wildman–Crippen LogP) is 5.40. The van der Waals surface area contributed by atoms with Crippen LogP contribution in [0.5, 0.6) is 0 Å². The van der Waals surface area contributed by atoms with E-state index < -0.39 is 0 Å². The molecule has 0 saturated carbocycles. The Morgan fingerprint density at radius 1 is 0.871 bits per heavy atom. The van der Waals surface area contributed by atoms with Gasteiger partial charge in [-0.1, -0.05) is 66.7 Å². The number of rotatable bonds is 5. The summed E-state index contributed by atoms with van der Waals surface area (Å²) in [6.45, 7) is 3.24. The van der Waals surface area contributed by atoms with Gasteiger partial charge in [0, 0.05) is 44.5 Å². The average molecular weight is 409 g/mol. The monoisotopic (exact) mass is 408 g/mol. The van der Waals surface area contributed by atoms with Gasteiger partial charge in [0.1, 0.15) is 0 Å². The van der Waals surface area contributed by atoms with Crippen molar-refractivity contribution in [2.75, 3.05) is 25.0 Å². The van der Waals surface area contributed by atoms with Gasteiger partial charge in [-0.15, -0.1) is 0 Å². The lowest BCUT2D eigenvalue weighted by molar-refractivity contribution is 0.203. The zero-order chi connectivity index (χ0) is 21.0. The lowest BCUT2D eigenvalue weighted by Crippen LogP contribution is -2.43. The molecule has 1 fully saturated rings. The van der Waals surface area contributed by atoms with Crippen LogP contribution in [0.15, 0.2) is 85.1 Å². The summed E-state index contributed by atoms with van der Waals surface area (Å²) >= 11 is 0. The number of likely N-dealkylation sites (tertiary alicyclic amines) is 1. The molecule has 0 radical (unpaired) electrons. The highest BCUT2D eigenvalue weighted by Crippen LogP contribution is 2.26. The van der Waals surface area contributed by atoms with Crippen LogP contribution in [0.2, 0.25) is 0 Å². The van der Waals surface area contributed by atoms with E-state index >= 15 is 0 Å². The Bertz CT molecular complexity index is 1150. The zero-order valence-electron chi connectivity index (χ0n) is 18.0. The van der Waals surface area contributed by atoms with E-state index in [9.17, 15) is 0 Å². The van der Waals surface area contributed by atoms with Gasteiger partial charge in [-0.25, -0.2) is 9.97 Å². The van der Waals surface area contributed by atoms with Crippen LogP contribution in [0.3, 0.4) is 0 Å². The van der Waals surface area contributed by atoms with Gasteiger partial charge in [0.05, 0.1) is 5.69 Å². The van der Waals surface area contributed by atoms with Crippen molar-refractivity contribution in [3.05, 3.63) is 90.6 Å². The molecular formula is C27H28N4. The molecule has 0 unspecified atom stereocenters. The van der Waals surface area contributed by atoms with Gasteiger partial charge in [0.2, 0.25) is 5.95 Å². The number of benzene rings is 3. The molecule has 0 amide bonds. The lowest BCUT2D eigenvalue weighted by atomic mass is 10.0. The van der Waals surface area contributed by atoms with E-state index in [0.717, 1.165) is 49.7 Å². The summed E-state index contributed by atoms with van der Waals surface area (Å²) in [5.41, 5.74) is 3.50. The first-order chi connectivity index (χ1) is 15.3. The van der Waals surface area contributed by atoms with E-state index in [2.05, 4.69) is 94.6 Å². The van der Waals surface area contributed by atoms with E-state index in [4.69, 9.17) is 4.98 Å². The number of anilines is 1. The fraction of sp³-hybridized carbons (Fsp3) is 0.259. The maximum absolute atomic E-state index is 4.91. The third-order valence-corrected chi connectivity index (χ3v) is 6.36. The van der Waals surface area contributed by atoms with Gasteiger partial charge < -0.3 is 4.90 Å². The molecule has 0 aliphatic carbocycles. The molecule has 156 valence electrons. The van der Waals surface area contributed by atoms with E-state index in [1.165, 1.54) is 16.3 Å². The highest BCUT2D eigenvalue weighted by atomic mass is 15.3. The minimum atomic E-state index is 0.471. The maximum atomic E-state index is 4.91. The number of piperidine rings is 1. The number of fused-ring (bicyclic) bond motifs is 1. The van der Waals surface area contributed by atoms with E-state index in [1.54, 1.807) is 0 Å². The summed E-state index contributed by atoms with van der Waals surface area (Å²) in [7, 11) is 2.14. The van der Waals surface area contributed by atoms with Crippen LogP contribution in [0.1, 0.15) is 18.4 Å². The first-order valence-electron chi connectivity index (χ1n) is 11.1. The SMILES string of the molecule is CN(c1nccc(-c2ccc3ccccc3c2)n1)C1CCN(Cc2ccccc2)CC1. The van der Waals surface area contributed by atoms with Gasteiger partial charge in [0.25, 0.3) is 0 Å². The molecule has 0 atom stereocenters. The summed E-state index contributed by atoms with van der Waals surface area (Å²) in [5, 5.41) is 2.49. The summed E-state index contributed by atoms with van der Waals surface area (Å²) in [6, 6.07) is 28.2. The first kappa shape index (κ1) is 19.7. The quantitative estimate of drug-likeness (QED) is 0.443. The van der Waals surface area contributed by atoms with E-state index in [1.807, 2.05) is 12.3 Å². The second-order valence-corrected chi connectivity index (χ2v) is 8.41. The van der Waals surface area contributed by atoms with Crippen LogP contribution in [0.25, 0.3) is 22.0 Å². The molecule has 5 rings (SSSR count). The van der Waals surface area contributed by atoms with Crippen molar-refractivity contribution >= 4 is 16.7 Å². The largest absolute Gasteiger partial charge is 0.341 e. The molecular weight excluding hydrogens is 380 g/mol. The molecule has 2 heterocycles. The zero-order valence-corrected chi connectivity index (χ0v) is 18.0. The van der Waals surface area contributed by atoms with Crippen LogP contribution in [0, 0.1) is 0 Å². The number of aromatic nitrogens is 2. The van der Waals surface area contributed by atoms with Crippen molar-refractivity contribution < 1.29 is 0 Å². The molecule has 4 nitrogen and oxygen atoms in total. The van der Waals surface area contributed by atoms with Crippen LogP contribution in [-0.4, -0.2) is 41.0 Å². The van der Waals surface area contributed by atoms with Gasteiger partial charge in [0.15, 0.2) is 0 Å². The predicted molar refractivity (Wildman–Crippen MR) is 128 cm³/mol. The second-order valence-electron chi connectivity index (χ2n) is 8.41. The Balaban J connectivity index is 1.27. The lowest BCUT2D eigenvalue weighted by Gasteiger charge is -2.36. The summed E-state index contributed by atoms with van der Waals surface area (Å²) in [4.78, 5) is 14.3. The molecule has 0 spiro atoms. The molecule has 1 saturated heterocycles. The molecule has 3 aromatic carbocycles. The topological polar surface area (TPSA) is 32.3 Å².